The van der Waals surface area contributed by atoms with Gasteiger partial charge in [-0.2, -0.15) is 0 Å². The van der Waals surface area contributed by atoms with E-state index in [9.17, 15) is 22.4 Å². The number of amides is 2. The number of hydrogen-bond donors (Lipinski definition) is 2. The summed E-state index contributed by atoms with van der Waals surface area (Å²) in [5, 5.41) is 2.63. The van der Waals surface area contributed by atoms with Gasteiger partial charge in [-0.1, -0.05) is 0 Å². The molecule has 1 heterocycles. The second-order valence-corrected chi connectivity index (χ2v) is 8.50. The minimum Gasteiger partial charge on any atom is -0.359 e. The Morgan fingerprint density at radius 3 is 2.14 bits per heavy atom. The van der Waals surface area contributed by atoms with Crippen LogP contribution in [0.5, 0.6) is 0 Å². The Morgan fingerprint density at radius 2 is 1.59 bits per heavy atom. The molecule has 1 fully saturated rings. The van der Waals surface area contributed by atoms with Crippen LogP contribution in [-0.2, 0) is 14.8 Å². The van der Waals surface area contributed by atoms with Crippen molar-refractivity contribution in [1.29, 1.82) is 0 Å². The average molecular weight is 419 g/mol. The zero-order chi connectivity index (χ0) is 21.0. The van der Waals surface area contributed by atoms with Crippen molar-refractivity contribution < 1.29 is 22.4 Å². The molecule has 2 N–H and O–H groups in total. The Balaban J connectivity index is 1.63. The molecule has 1 aliphatic rings. The van der Waals surface area contributed by atoms with Crippen LogP contribution in [0.25, 0.3) is 0 Å². The van der Waals surface area contributed by atoms with Crippen molar-refractivity contribution in [1.82, 2.24) is 10.2 Å². The molecule has 29 heavy (non-hydrogen) atoms. The number of carbonyl (C=O) groups is 2. The molecule has 3 rings (SSSR count). The van der Waals surface area contributed by atoms with E-state index in [-0.39, 0.29) is 22.6 Å². The lowest BCUT2D eigenvalue weighted by molar-refractivity contribution is -0.125. The molecule has 2 amide bonds. The molecule has 0 aromatic heterocycles. The molecular formula is C20H22FN3O4S. The second kappa shape index (κ2) is 8.60. The van der Waals surface area contributed by atoms with E-state index in [1.54, 1.807) is 24.1 Å². The van der Waals surface area contributed by atoms with Gasteiger partial charge in [0.15, 0.2) is 0 Å². The standard InChI is InChI=1S/C20H22FN3O4S/c1-22-19(25)14-10-12-24(13-11-14)20(26)15-2-6-17(7-3-15)23-29(27,28)18-8-4-16(21)5-9-18/h2-9,14,23H,10-13H2,1H3,(H,22,25). The summed E-state index contributed by atoms with van der Waals surface area (Å²) in [6, 6.07) is 10.6. The fourth-order valence-electron chi connectivity index (χ4n) is 3.24. The minimum absolute atomic E-state index is 0.00473. The number of hydrogen-bond acceptors (Lipinski definition) is 4. The van der Waals surface area contributed by atoms with E-state index in [2.05, 4.69) is 10.0 Å². The highest BCUT2D eigenvalue weighted by molar-refractivity contribution is 7.92. The predicted octanol–water partition coefficient (Wildman–Crippen LogP) is 2.22. The number of nitrogens with one attached hydrogen (secondary N) is 2. The van der Waals surface area contributed by atoms with E-state index in [0.717, 1.165) is 12.1 Å². The summed E-state index contributed by atoms with van der Waals surface area (Å²) >= 11 is 0. The lowest BCUT2D eigenvalue weighted by atomic mass is 9.95. The molecule has 0 radical (unpaired) electrons. The molecule has 0 saturated carbocycles. The van der Waals surface area contributed by atoms with Crippen LogP contribution in [0.4, 0.5) is 10.1 Å². The van der Waals surface area contributed by atoms with E-state index < -0.39 is 15.8 Å². The second-order valence-electron chi connectivity index (χ2n) is 6.82. The maximum Gasteiger partial charge on any atom is 0.261 e. The smallest absolute Gasteiger partial charge is 0.261 e. The number of sulfonamides is 1. The Bertz CT molecular complexity index is 983. The third-order valence-electron chi connectivity index (χ3n) is 4.91. The van der Waals surface area contributed by atoms with Crippen LogP contribution in [-0.4, -0.2) is 45.3 Å². The molecule has 2 aromatic rings. The average Bonchev–Trinajstić information content (AvgIpc) is 2.73. The fraction of sp³-hybridized carbons (Fsp3) is 0.300. The maximum atomic E-state index is 13.0. The molecule has 1 saturated heterocycles. The summed E-state index contributed by atoms with van der Waals surface area (Å²) in [5.74, 6) is -0.762. The van der Waals surface area contributed by atoms with Gasteiger partial charge in [0.1, 0.15) is 5.82 Å². The van der Waals surface area contributed by atoms with Crippen LogP contribution >= 0.6 is 0 Å². The monoisotopic (exact) mass is 419 g/mol. The molecule has 1 aliphatic heterocycles. The molecule has 2 aromatic carbocycles. The first kappa shape index (κ1) is 20.8. The number of piperidine rings is 1. The first-order valence-electron chi connectivity index (χ1n) is 9.19. The van der Waals surface area contributed by atoms with Gasteiger partial charge >= 0.3 is 0 Å². The normalized spacial score (nSPS) is 15.0. The first-order valence-corrected chi connectivity index (χ1v) is 10.7. The SMILES string of the molecule is CNC(=O)C1CCN(C(=O)c2ccc(NS(=O)(=O)c3ccc(F)cc3)cc2)CC1. The predicted molar refractivity (Wildman–Crippen MR) is 106 cm³/mol. The van der Waals surface area contributed by atoms with Gasteiger partial charge in [0, 0.05) is 37.3 Å². The summed E-state index contributed by atoms with van der Waals surface area (Å²) in [4.78, 5) is 26.0. The summed E-state index contributed by atoms with van der Waals surface area (Å²) in [5.41, 5.74) is 0.734. The number of halogens is 1. The Labute approximate surface area is 169 Å². The van der Waals surface area contributed by atoms with Crippen LogP contribution in [0.15, 0.2) is 53.4 Å². The van der Waals surface area contributed by atoms with E-state index in [1.165, 1.54) is 24.3 Å². The highest BCUT2D eigenvalue weighted by Gasteiger charge is 2.27. The number of likely N-dealkylation sites (tertiary alicyclic amines) is 1. The van der Waals surface area contributed by atoms with E-state index >= 15 is 0 Å². The van der Waals surface area contributed by atoms with Crippen molar-refractivity contribution in [2.75, 3.05) is 24.9 Å². The lowest BCUT2D eigenvalue weighted by Gasteiger charge is -2.31. The van der Waals surface area contributed by atoms with E-state index in [0.29, 0.717) is 37.2 Å². The number of benzene rings is 2. The van der Waals surface area contributed by atoms with E-state index in [4.69, 9.17) is 0 Å². The molecule has 7 nitrogen and oxygen atoms in total. The molecule has 0 spiro atoms. The van der Waals surface area contributed by atoms with Crippen LogP contribution in [0.3, 0.4) is 0 Å². The van der Waals surface area contributed by atoms with Gasteiger partial charge in [0.25, 0.3) is 15.9 Å². The van der Waals surface area contributed by atoms with Gasteiger partial charge in [-0.05, 0) is 61.4 Å². The zero-order valence-electron chi connectivity index (χ0n) is 15.9. The zero-order valence-corrected chi connectivity index (χ0v) is 16.7. The number of nitrogens with zero attached hydrogens (tertiary/aromatic N) is 1. The third kappa shape index (κ3) is 4.92. The van der Waals surface area contributed by atoms with Gasteiger partial charge in [-0.15, -0.1) is 0 Å². The highest BCUT2D eigenvalue weighted by Crippen LogP contribution is 2.21. The minimum atomic E-state index is -3.85. The molecule has 0 unspecified atom stereocenters. The van der Waals surface area contributed by atoms with Gasteiger partial charge in [0.2, 0.25) is 5.91 Å². The van der Waals surface area contributed by atoms with Gasteiger partial charge < -0.3 is 10.2 Å². The number of carbonyl (C=O) groups excluding carboxylic acids is 2. The topological polar surface area (TPSA) is 95.6 Å². The van der Waals surface area contributed by atoms with Crippen molar-refractivity contribution in [2.24, 2.45) is 5.92 Å². The number of rotatable bonds is 5. The first-order chi connectivity index (χ1) is 13.8. The van der Waals surface area contributed by atoms with Crippen molar-refractivity contribution in [3.63, 3.8) is 0 Å². The van der Waals surface area contributed by atoms with Crippen LogP contribution in [0.1, 0.15) is 23.2 Å². The summed E-state index contributed by atoms with van der Waals surface area (Å²) in [7, 11) is -2.25. The van der Waals surface area contributed by atoms with Crippen LogP contribution in [0.2, 0.25) is 0 Å². The fourth-order valence-corrected chi connectivity index (χ4v) is 4.30. The Kier molecular flexibility index (Phi) is 6.17. The summed E-state index contributed by atoms with van der Waals surface area (Å²) < 4.78 is 40.1. The van der Waals surface area contributed by atoms with Gasteiger partial charge in [0.05, 0.1) is 4.90 Å². The molecular weight excluding hydrogens is 397 g/mol. The molecule has 0 aliphatic carbocycles. The number of anilines is 1. The highest BCUT2D eigenvalue weighted by atomic mass is 32.2. The van der Waals surface area contributed by atoms with Crippen LogP contribution < -0.4 is 10.0 Å². The van der Waals surface area contributed by atoms with Crippen molar-refractivity contribution in [3.8, 4) is 0 Å². The van der Waals surface area contributed by atoms with Gasteiger partial charge in [-0.3, -0.25) is 14.3 Å². The Hall–Kier alpha value is -2.94. The van der Waals surface area contributed by atoms with Gasteiger partial charge in [-0.25, -0.2) is 12.8 Å². The molecule has 0 bridgehead atoms. The third-order valence-corrected chi connectivity index (χ3v) is 6.30. The van der Waals surface area contributed by atoms with Crippen molar-refractivity contribution in [3.05, 3.63) is 59.9 Å². The van der Waals surface area contributed by atoms with E-state index in [1.807, 2.05) is 0 Å². The molecule has 9 heteroatoms. The van der Waals surface area contributed by atoms with Crippen molar-refractivity contribution in [2.45, 2.75) is 17.7 Å². The summed E-state index contributed by atoms with van der Waals surface area (Å²) in [6.07, 6.45) is 1.22. The maximum absolute atomic E-state index is 13.0. The largest absolute Gasteiger partial charge is 0.359 e. The quantitative estimate of drug-likeness (QED) is 0.777. The Morgan fingerprint density at radius 1 is 1.00 bits per heavy atom. The molecule has 0 atom stereocenters. The van der Waals surface area contributed by atoms with Crippen LogP contribution in [0, 0.1) is 11.7 Å². The summed E-state index contributed by atoms with van der Waals surface area (Å²) in [6.45, 7) is 0.992. The molecule has 154 valence electrons. The van der Waals surface area contributed by atoms with Crippen molar-refractivity contribution >= 4 is 27.5 Å². The lowest BCUT2D eigenvalue weighted by Crippen LogP contribution is -2.42.